The molecule has 1 N–H and O–H groups in total. The van der Waals surface area contributed by atoms with Gasteiger partial charge in [0, 0.05) is 26.2 Å². The molecule has 1 amide bonds. The highest BCUT2D eigenvalue weighted by Gasteiger charge is 2.31. The number of nitrogens with one attached hydrogen (secondary N) is 1. The van der Waals surface area contributed by atoms with Crippen molar-refractivity contribution in [3.05, 3.63) is 29.3 Å². The van der Waals surface area contributed by atoms with Crippen LogP contribution in [0.15, 0.2) is 18.2 Å². The molecule has 0 aliphatic carbocycles. The van der Waals surface area contributed by atoms with Crippen LogP contribution in [0.4, 0.5) is 5.69 Å². The summed E-state index contributed by atoms with van der Waals surface area (Å²) >= 11 is 0. The molecule has 152 valence electrons. The van der Waals surface area contributed by atoms with E-state index in [1.807, 2.05) is 32.9 Å². The molecule has 1 aromatic rings. The zero-order valence-electron chi connectivity index (χ0n) is 16.7. The average Bonchev–Trinajstić information content (AvgIpc) is 2.62. The molecule has 1 aromatic carbocycles. The Labute approximate surface area is 162 Å². The first-order valence-corrected chi connectivity index (χ1v) is 11.2. The van der Waals surface area contributed by atoms with Crippen molar-refractivity contribution in [1.82, 2.24) is 10.2 Å². The number of amides is 1. The highest BCUT2D eigenvalue weighted by molar-refractivity contribution is 7.92. The Morgan fingerprint density at radius 2 is 1.93 bits per heavy atom. The predicted octanol–water partition coefficient (Wildman–Crippen LogP) is 1.30. The number of benzene rings is 1. The number of hydrogen-bond acceptors (Lipinski definition) is 5. The average molecular weight is 398 g/mol. The molecule has 0 aromatic heterocycles. The maximum absolute atomic E-state index is 12.8. The molecule has 0 spiro atoms. The number of nitrogens with zero attached hydrogens (tertiary/aromatic N) is 2. The second-order valence-electron chi connectivity index (χ2n) is 7.00. The van der Waals surface area contributed by atoms with Gasteiger partial charge in [-0.1, -0.05) is 13.0 Å². The Morgan fingerprint density at radius 1 is 1.26 bits per heavy atom. The van der Waals surface area contributed by atoms with Crippen LogP contribution in [0.1, 0.15) is 24.5 Å². The molecule has 1 fully saturated rings. The second kappa shape index (κ2) is 9.52. The van der Waals surface area contributed by atoms with Crippen molar-refractivity contribution in [2.45, 2.75) is 33.2 Å². The van der Waals surface area contributed by atoms with Crippen LogP contribution in [0.2, 0.25) is 0 Å². The summed E-state index contributed by atoms with van der Waals surface area (Å²) in [6, 6.07) is 4.69. The van der Waals surface area contributed by atoms with Gasteiger partial charge in [-0.05, 0) is 43.5 Å². The lowest BCUT2D eigenvalue weighted by molar-refractivity contribution is -0.122. The normalized spacial score (nSPS) is 16.7. The molecule has 1 heterocycles. The first-order chi connectivity index (χ1) is 12.7. The zero-order chi connectivity index (χ0) is 20.0. The van der Waals surface area contributed by atoms with E-state index < -0.39 is 16.1 Å². The summed E-state index contributed by atoms with van der Waals surface area (Å²) in [5, 5.41) is 2.90. The highest BCUT2D eigenvalue weighted by Crippen LogP contribution is 2.25. The van der Waals surface area contributed by atoms with Crippen LogP contribution < -0.4 is 9.62 Å². The maximum Gasteiger partial charge on any atom is 0.243 e. The summed E-state index contributed by atoms with van der Waals surface area (Å²) < 4.78 is 31.5. The van der Waals surface area contributed by atoms with Crippen LogP contribution in [0.3, 0.4) is 0 Å². The molecule has 8 heteroatoms. The highest BCUT2D eigenvalue weighted by atomic mass is 32.2. The van der Waals surface area contributed by atoms with Crippen LogP contribution >= 0.6 is 0 Å². The van der Waals surface area contributed by atoms with Gasteiger partial charge in [-0.2, -0.15) is 0 Å². The molecule has 0 unspecified atom stereocenters. The first kappa shape index (κ1) is 21.7. The Morgan fingerprint density at radius 3 is 2.48 bits per heavy atom. The van der Waals surface area contributed by atoms with Crippen molar-refractivity contribution >= 4 is 21.6 Å². The molecule has 0 saturated carbocycles. The minimum atomic E-state index is -3.60. The van der Waals surface area contributed by atoms with Gasteiger partial charge in [0.05, 0.1) is 25.2 Å². The van der Waals surface area contributed by atoms with E-state index in [-0.39, 0.29) is 5.91 Å². The molecular weight excluding hydrogens is 366 g/mol. The molecule has 1 aliphatic heterocycles. The van der Waals surface area contributed by atoms with Crippen LogP contribution in [-0.2, 0) is 19.6 Å². The van der Waals surface area contributed by atoms with Gasteiger partial charge in [-0.15, -0.1) is 0 Å². The van der Waals surface area contributed by atoms with Gasteiger partial charge >= 0.3 is 0 Å². The summed E-state index contributed by atoms with van der Waals surface area (Å²) in [5.74, 6) is -0.269. The van der Waals surface area contributed by atoms with Crippen molar-refractivity contribution in [3.8, 4) is 0 Å². The third kappa shape index (κ3) is 5.92. The van der Waals surface area contributed by atoms with Gasteiger partial charge in [0.15, 0.2) is 0 Å². The minimum absolute atomic E-state index is 0.269. The summed E-state index contributed by atoms with van der Waals surface area (Å²) in [5.41, 5.74) is 2.59. The van der Waals surface area contributed by atoms with E-state index in [4.69, 9.17) is 4.74 Å². The molecule has 7 nitrogen and oxygen atoms in total. The van der Waals surface area contributed by atoms with E-state index in [1.54, 1.807) is 6.07 Å². The summed E-state index contributed by atoms with van der Waals surface area (Å²) in [6.07, 6.45) is 1.54. The number of aryl methyl sites for hydroxylation is 2. The molecule has 1 aliphatic rings. The molecule has 0 bridgehead atoms. The van der Waals surface area contributed by atoms with Crippen molar-refractivity contribution in [2.24, 2.45) is 0 Å². The fourth-order valence-electron chi connectivity index (χ4n) is 3.20. The van der Waals surface area contributed by atoms with Crippen LogP contribution in [0.25, 0.3) is 0 Å². The fraction of sp³-hybridized carbons (Fsp3) is 0.632. The van der Waals surface area contributed by atoms with Gasteiger partial charge in [-0.25, -0.2) is 8.42 Å². The number of carbonyl (C=O) groups is 1. The predicted molar refractivity (Wildman–Crippen MR) is 108 cm³/mol. The Bertz CT molecular complexity index is 745. The van der Waals surface area contributed by atoms with E-state index in [0.29, 0.717) is 31.9 Å². The molecule has 1 atom stereocenters. The number of sulfonamides is 1. The van der Waals surface area contributed by atoms with E-state index in [1.165, 1.54) is 4.31 Å². The van der Waals surface area contributed by atoms with E-state index in [0.717, 1.165) is 37.0 Å². The third-order valence-electron chi connectivity index (χ3n) is 4.91. The number of anilines is 1. The number of hydrogen-bond donors (Lipinski definition) is 1. The number of morpholine rings is 1. The second-order valence-corrected chi connectivity index (χ2v) is 8.86. The quantitative estimate of drug-likeness (QED) is 0.715. The largest absolute Gasteiger partial charge is 0.379 e. The van der Waals surface area contributed by atoms with E-state index in [2.05, 4.69) is 10.2 Å². The smallest absolute Gasteiger partial charge is 0.243 e. The van der Waals surface area contributed by atoms with E-state index >= 15 is 0 Å². The zero-order valence-corrected chi connectivity index (χ0v) is 17.5. The Kier molecular flexibility index (Phi) is 7.64. The van der Waals surface area contributed by atoms with Gasteiger partial charge in [0.25, 0.3) is 0 Å². The monoisotopic (exact) mass is 397 g/mol. The van der Waals surface area contributed by atoms with Crippen molar-refractivity contribution in [2.75, 3.05) is 50.0 Å². The molecule has 2 rings (SSSR count). The summed E-state index contributed by atoms with van der Waals surface area (Å²) in [6.45, 7) is 10.1. The van der Waals surface area contributed by atoms with Crippen molar-refractivity contribution in [1.29, 1.82) is 0 Å². The first-order valence-electron chi connectivity index (χ1n) is 9.38. The summed E-state index contributed by atoms with van der Waals surface area (Å²) in [4.78, 5) is 15.0. The fourth-order valence-corrected chi connectivity index (χ4v) is 4.41. The number of rotatable bonds is 8. The third-order valence-corrected chi connectivity index (χ3v) is 6.09. The summed E-state index contributed by atoms with van der Waals surface area (Å²) in [7, 11) is -3.60. The lowest BCUT2D eigenvalue weighted by Gasteiger charge is -2.31. The number of ether oxygens (including phenoxy) is 1. The van der Waals surface area contributed by atoms with Crippen LogP contribution in [0.5, 0.6) is 0 Å². The maximum atomic E-state index is 12.8. The van der Waals surface area contributed by atoms with Crippen LogP contribution in [-0.4, -0.2) is 70.9 Å². The van der Waals surface area contributed by atoms with E-state index in [9.17, 15) is 13.2 Å². The Hall–Kier alpha value is -1.64. The van der Waals surface area contributed by atoms with Gasteiger partial charge < -0.3 is 10.1 Å². The van der Waals surface area contributed by atoms with Gasteiger partial charge in [0.2, 0.25) is 15.9 Å². The number of carbonyl (C=O) groups excluding carboxylic acids is 1. The minimum Gasteiger partial charge on any atom is -0.379 e. The Balaban J connectivity index is 2.11. The molecular formula is C19H31N3O4S. The lowest BCUT2D eigenvalue weighted by Crippen LogP contribution is -2.51. The van der Waals surface area contributed by atoms with Gasteiger partial charge in [-0.3, -0.25) is 14.0 Å². The van der Waals surface area contributed by atoms with Gasteiger partial charge in [0.1, 0.15) is 6.04 Å². The molecule has 0 radical (unpaired) electrons. The lowest BCUT2D eigenvalue weighted by atomic mass is 10.1. The van der Waals surface area contributed by atoms with Crippen molar-refractivity contribution < 1.29 is 17.9 Å². The standard InChI is InChI=1S/C19H31N3O4S/c1-5-18(19(23)20-8-9-21-10-12-26-13-11-21)22(27(4,24)25)17-7-6-15(2)16(3)14-17/h6-7,14,18H,5,8-13H2,1-4H3,(H,20,23)/t18-/m1/s1. The molecule has 27 heavy (non-hydrogen) atoms. The topological polar surface area (TPSA) is 79.0 Å². The van der Waals surface area contributed by atoms with Crippen molar-refractivity contribution in [3.63, 3.8) is 0 Å². The van der Waals surface area contributed by atoms with Crippen LogP contribution in [0, 0.1) is 13.8 Å². The molecule has 1 saturated heterocycles. The SMILES string of the molecule is CC[C@H](C(=O)NCCN1CCOCC1)N(c1ccc(C)c(C)c1)S(C)(=O)=O.